The average molecular weight is 381 g/mol. The van der Waals surface area contributed by atoms with E-state index >= 15 is 0 Å². The highest BCUT2D eigenvalue weighted by Crippen LogP contribution is 2.34. The molecule has 0 bridgehead atoms. The van der Waals surface area contributed by atoms with Gasteiger partial charge in [-0.2, -0.15) is 0 Å². The monoisotopic (exact) mass is 379 g/mol. The van der Waals surface area contributed by atoms with Crippen molar-refractivity contribution in [3.63, 3.8) is 0 Å². The summed E-state index contributed by atoms with van der Waals surface area (Å²) in [6, 6.07) is 3.96. The zero-order valence-electron chi connectivity index (χ0n) is 10.0. The number of aliphatic carboxylic acids is 1. The van der Waals surface area contributed by atoms with E-state index in [9.17, 15) is 4.79 Å². The first kappa shape index (κ1) is 15.5. The Morgan fingerprint density at radius 2 is 2.00 bits per heavy atom. The molecule has 6 heteroatoms. The lowest BCUT2D eigenvalue weighted by Crippen LogP contribution is -2.15. The standard InChI is InChI=1S/C12H15Br2NO3/c1-18-12-9(13)5-8(6-10(12)14)7-15-4-2-3-11(16)17/h5-6,15H,2-4,7H2,1H3,(H,16,17). The Morgan fingerprint density at radius 1 is 1.39 bits per heavy atom. The number of carbonyl (C=O) groups is 1. The molecule has 0 spiro atoms. The third kappa shape index (κ3) is 4.96. The number of nitrogens with one attached hydrogen (secondary N) is 1. The van der Waals surface area contributed by atoms with E-state index < -0.39 is 5.97 Å². The minimum absolute atomic E-state index is 0.197. The molecule has 0 radical (unpaired) electrons. The minimum Gasteiger partial charge on any atom is -0.494 e. The second kappa shape index (κ2) is 7.76. The SMILES string of the molecule is COc1c(Br)cc(CNCCCC(=O)O)cc1Br. The molecule has 1 aromatic rings. The first-order valence-corrected chi connectivity index (χ1v) is 7.07. The fraction of sp³-hybridized carbons (Fsp3) is 0.417. The van der Waals surface area contributed by atoms with E-state index in [1.807, 2.05) is 12.1 Å². The molecule has 2 N–H and O–H groups in total. The van der Waals surface area contributed by atoms with Crippen LogP contribution in [0.2, 0.25) is 0 Å². The van der Waals surface area contributed by atoms with Crippen LogP contribution in [0.3, 0.4) is 0 Å². The van der Waals surface area contributed by atoms with Crippen LogP contribution in [0.15, 0.2) is 21.1 Å². The topological polar surface area (TPSA) is 58.6 Å². The molecule has 1 aromatic carbocycles. The Balaban J connectivity index is 2.46. The molecule has 18 heavy (non-hydrogen) atoms. The number of ether oxygens (including phenoxy) is 1. The fourth-order valence-electron chi connectivity index (χ4n) is 1.51. The third-order valence-electron chi connectivity index (χ3n) is 2.34. The van der Waals surface area contributed by atoms with Gasteiger partial charge >= 0.3 is 5.97 Å². The first-order chi connectivity index (χ1) is 8.54. The summed E-state index contributed by atoms with van der Waals surface area (Å²) in [5, 5.41) is 11.7. The van der Waals surface area contributed by atoms with Gasteiger partial charge < -0.3 is 15.2 Å². The lowest BCUT2D eigenvalue weighted by atomic mass is 10.2. The van der Waals surface area contributed by atoms with Crippen molar-refractivity contribution in [2.24, 2.45) is 0 Å². The van der Waals surface area contributed by atoms with Gasteiger partial charge in [-0.15, -0.1) is 0 Å². The summed E-state index contributed by atoms with van der Waals surface area (Å²) in [5.74, 6) is 0.0105. The normalized spacial score (nSPS) is 10.4. The maximum atomic E-state index is 10.3. The molecule has 0 aliphatic heterocycles. The fourth-order valence-corrected chi connectivity index (χ4v) is 3.11. The van der Waals surface area contributed by atoms with E-state index in [0.717, 1.165) is 20.3 Å². The molecule has 0 fully saturated rings. The van der Waals surface area contributed by atoms with Crippen LogP contribution in [0.1, 0.15) is 18.4 Å². The molecule has 0 saturated heterocycles. The summed E-state index contributed by atoms with van der Waals surface area (Å²) in [4.78, 5) is 10.3. The summed E-state index contributed by atoms with van der Waals surface area (Å²) in [5.41, 5.74) is 1.10. The van der Waals surface area contributed by atoms with Gasteiger partial charge in [0, 0.05) is 13.0 Å². The van der Waals surface area contributed by atoms with Crippen LogP contribution in [0, 0.1) is 0 Å². The summed E-state index contributed by atoms with van der Waals surface area (Å²) in [6.45, 7) is 1.38. The number of halogens is 2. The zero-order valence-corrected chi connectivity index (χ0v) is 13.2. The van der Waals surface area contributed by atoms with E-state index in [0.29, 0.717) is 19.5 Å². The van der Waals surface area contributed by atoms with E-state index in [1.54, 1.807) is 7.11 Å². The number of methoxy groups -OCH3 is 1. The van der Waals surface area contributed by atoms with Crippen LogP contribution < -0.4 is 10.1 Å². The molecule has 0 atom stereocenters. The van der Waals surface area contributed by atoms with Gasteiger partial charge in [-0.1, -0.05) is 0 Å². The molecule has 100 valence electrons. The van der Waals surface area contributed by atoms with Gasteiger partial charge in [0.15, 0.2) is 0 Å². The summed E-state index contributed by atoms with van der Waals surface area (Å²) in [6.07, 6.45) is 0.830. The maximum Gasteiger partial charge on any atom is 0.303 e. The molecular weight excluding hydrogens is 366 g/mol. The summed E-state index contributed by atoms with van der Waals surface area (Å²) >= 11 is 6.88. The van der Waals surface area contributed by atoms with Crippen LogP contribution in [0.25, 0.3) is 0 Å². The largest absolute Gasteiger partial charge is 0.494 e. The van der Waals surface area contributed by atoms with E-state index in [4.69, 9.17) is 9.84 Å². The van der Waals surface area contributed by atoms with Gasteiger partial charge in [-0.05, 0) is 62.5 Å². The number of carboxylic acid groups (broad SMARTS) is 1. The van der Waals surface area contributed by atoms with Gasteiger partial charge in [0.25, 0.3) is 0 Å². The smallest absolute Gasteiger partial charge is 0.303 e. The van der Waals surface area contributed by atoms with Gasteiger partial charge in [0.1, 0.15) is 5.75 Å². The van der Waals surface area contributed by atoms with Crippen molar-refractivity contribution in [3.05, 3.63) is 26.6 Å². The quantitative estimate of drug-likeness (QED) is 0.713. The minimum atomic E-state index is -0.758. The number of hydrogen-bond donors (Lipinski definition) is 2. The second-order valence-corrected chi connectivity index (χ2v) is 5.48. The van der Waals surface area contributed by atoms with Crippen LogP contribution in [-0.4, -0.2) is 24.7 Å². The van der Waals surface area contributed by atoms with Crippen LogP contribution in [-0.2, 0) is 11.3 Å². The number of rotatable bonds is 7. The molecule has 4 nitrogen and oxygen atoms in total. The van der Waals surface area contributed by atoms with Gasteiger partial charge in [0.2, 0.25) is 0 Å². The Morgan fingerprint density at radius 3 is 2.50 bits per heavy atom. The molecule has 0 aliphatic rings. The molecule has 0 aromatic heterocycles. The molecule has 1 rings (SSSR count). The highest BCUT2D eigenvalue weighted by atomic mass is 79.9. The maximum absolute atomic E-state index is 10.3. The molecule has 0 unspecified atom stereocenters. The van der Waals surface area contributed by atoms with Gasteiger partial charge in [-0.3, -0.25) is 4.79 Å². The lowest BCUT2D eigenvalue weighted by molar-refractivity contribution is -0.137. The Bertz CT molecular complexity index is 401. The third-order valence-corrected chi connectivity index (χ3v) is 3.51. The number of benzene rings is 1. The second-order valence-electron chi connectivity index (χ2n) is 3.77. The average Bonchev–Trinajstić information content (AvgIpc) is 2.27. The molecule has 0 heterocycles. The van der Waals surface area contributed by atoms with Gasteiger partial charge in [0.05, 0.1) is 16.1 Å². The Kier molecular flexibility index (Phi) is 6.67. The lowest BCUT2D eigenvalue weighted by Gasteiger charge is -2.10. The van der Waals surface area contributed by atoms with Crippen molar-refractivity contribution in [3.8, 4) is 5.75 Å². The van der Waals surface area contributed by atoms with Crippen LogP contribution in [0.5, 0.6) is 5.75 Å². The zero-order chi connectivity index (χ0) is 13.5. The summed E-state index contributed by atoms with van der Waals surface area (Å²) in [7, 11) is 1.62. The highest BCUT2D eigenvalue weighted by Gasteiger charge is 2.07. The van der Waals surface area contributed by atoms with Crippen molar-refractivity contribution in [2.75, 3.05) is 13.7 Å². The van der Waals surface area contributed by atoms with Crippen molar-refractivity contribution in [1.29, 1.82) is 0 Å². The predicted octanol–water partition coefficient (Wildman–Crippen LogP) is 3.17. The van der Waals surface area contributed by atoms with Crippen LogP contribution in [0.4, 0.5) is 0 Å². The Hall–Kier alpha value is -0.590. The summed E-state index contributed by atoms with van der Waals surface area (Å²) < 4.78 is 7.00. The van der Waals surface area contributed by atoms with E-state index in [2.05, 4.69) is 37.2 Å². The molecule has 0 aliphatic carbocycles. The molecule has 0 amide bonds. The predicted molar refractivity (Wildman–Crippen MR) is 77.0 cm³/mol. The van der Waals surface area contributed by atoms with Crippen molar-refractivity contribution in [2.45, 2.75) is 19.4 Å². The van der Waals surface area contributed by atoms with Crippen molar-refractivity contribution in [1.82, 2.24) is 5.32 Å². The van der Waals surface area contributed by atoms with Crippen molar-refractivity contribution < 1.29 is 14.6 Å². The molecular formula is C12H15Br2NO3. The highest BCUT2D eigenvalue weighted by molar-refractivity contribution is 9.11. The van der Waals surface area contributed by atoms with Crippen LogP contribution >= 0.6 is 31.9 Å². The molecule has 0 saturated carbocycles. The van der Waals surface area contributed by atoms with Gasteiger partial charge in [-0.25, -0.2) is 0 Å². The van der Waals surface area contributed by atoms with E-state index in [-0.39, 0.29) is 6.42 Å². The van der Waals surface area contributed by atoms with Crippen molar-refractivity contribution >= 4 is 37.8 Å². The number of hydrogen-bond acceptors (Lipinski definition) is 3. The van der Waals surface area contributed by atoms with E-state index in [1.165, 1.54) is 0 Å². The number of carboxylic acids is 1. The Labute approximate surface area is 123 Å². The first-order valence-electron chi connectivity index (χ1n) is 5.49.